The van der Waals surface area contributed by atoms with Gasteiger partial charge in [0.1, 0.15) is 11.5 Å². The zero-order valence-corrected chi connectivity index (χ0v) is 15.7. The lowest BCUT2D eigenvalue weighted by Gasteiger charge is -2.18. The van der Waals surface area contributed by atoms with Crippen LogP contribution in [0.2, 0.25) is 0 Å². The van der Waals surface area contributed by atoms with Gasteiger partial charge in [-0.05, 0) is 60.2 Å². The lowest BCUT2D eigenvalue weighted by atomic mass is 9.88. The average molecular weight is 394 g/mol. The quantitative estimate of drug-likeness (QED) is 0.652. The van der Waals surface area contributed by atoms with E-state index in [2.05, 4.69) is 0 Å². The molecule has 1 saturated carbocycles. The Labute approximate surface area is 157 Å². The average Bonchev–Trinajstić information content (AvgIpc) is 3.02. The molecular formula is C20H21F2O4P. The monoisotopic (exact) mass is 394 g/mol. The van der Waals surface area contributed by atoms with E-state index in [0.29, 0.717) is 11.3 Å². The number of hydrogen-bond donors (Lipinski definition) is 3. The Morgan fingerprint density at radius 2 is 1.96 bits per heavy atom. The van der Waals surface area contributed by atoms with Crippen molar-refractivity contribution >= 4 is 8.38 Å². The van der Waals surface area contributed by atoms with Crippen LogP contribution in [0.15, 0.2) is 30.3 Å². The van der Waals surface area contributed by atoms with Crippen molar-refractivity contribution in [3.63, 3.8) is 0 Å². The smallest absolute Gasteiger partial charge is 0.256 e. The van der Waals surface area contributed by atoms with Crippen molar-refractivity contribution in [3.05, 3.63) is 58.1 Å². The molecule has 0 aliphatic heterocycles. The van der Waals surface area contributed by atoms with Crippen LogP contribution in [0.5, 0.6) is 11.5 Å². The molecule has 144 valence electrons. The van der Waals surface area contributed by atoms with Crippen LogP contribution in [0.1, 0.15) is 52.5 Å². The van der Waals surface area contributed by atoms with Crippen LogP contribution in [0.3, 0.4) is 0 Å². The van der Waals surface area contributed by atoms with E-state index >= 15 is 0 Å². The minimum atomic E-state index is -2.72. The van der Waals surface area contributed by atoms with Gasteiger partial charge in [0.05, 0.1) is 5.92 Å². The highest BCUT2D eigenvalue weighted by Gasteiger charge is 2.58. The highest BCUT2D eigenvalue weighted by atomic mass is 31.2. The summed E-state index contributed by atoms with van der Waals surface area (Å²) in [5.41, 5.74) is 4.59. The zero-order valence-electron chi connectivity index (χ0n) is 14.8. The van der Waals surface area contributed by atoms with E-state index in [9.17, 15) is 13.9 Å². The van der Waals surface area contributed by atoms with Crippen LogP contribution < -0.4 is 4.74 Å². The number of benzene rings is 2. The highest BCUT2D eigenvalue weighted by molar-refractivity contribution is 7.44. The summed E-state index contributed by atoms with van der Waals surface area (Å²) in [6.07, 6.45) is 1.36. The largest absolute Gasteiger partial charge is 0.508 e. The van der Waals surface area contributed by atoms with Gasteiger partial charge in [-0.25, -0.2) is 8.78 Å². The summed E-state index contributed by atoms with van der Waals surface area (Å²) in [6, 6.07) is 8.85. The molecule has 27 heavy (non-hydrogen) atoms. The Balaban J connectivity index is 1.64. The van der Waals surface area contributed by atoms with Crippen molar-refractivity contribution in [1.82, 2.24) is 0 Å². The second-order valence-electron chi connectivity index (χ2n) is 7.39. The van der Waals surface area contributed by atoms with E-state index in [1.54, 1.807) is 6.07 Å². The van der Waals surface area contributed by atoms with Crippen molar-refractivity contribution in [3.8, 4) is 11.5 Å². The van der Waals surface area contributed by atoms with Crippen LogP contribution >= 0.6 is 8.38 Å². The van der Waals surface area contributed by atoms with Crippen LogP contribution in [-0.2, 0) is 6.42 Å². The topological polar surface area (TPSA) is 69.9 Å². The SMILES string of the molecule is Cc1cc(OCP(O)O)cc2c1C(c1ccc(O)c(C3CC3(F)F)c1)CC2. The van der Waals surface area contributed by atoms with Crippen molar-refractivity contribution in [2.24, 2.45) is 0 Å². The number of ether oxygens (including phenoxy) is 1. The lowest BCUT2D eigenvalue weighted by Crippen LogP contribution is -2.02. The molecule has 7 heteroatoms. The maximum Gasteiger partial charge on any atom is 0.256 e. The second kappa shape index (κ2) is 6.69. The first kappa shape index (κ1) is 18.6. The van der Waals surface area contributed by atoms with E-state index < -0.39 is 20.2 Å². The number of hydrogen-bond acceptors (Lipinski definition) is 4. The molecule has 2 aromatic carbocycles. The molecule has 3 N–H and O–H groups in total. The predicted octanol–water partition coefficient (Wildman–Crippen LogP) is 4.53. The third kappa shape index (κ3) is 3.54. The molecule has 0 spiro atoms. The molecule has 4 nitrogen and oxygen atoms in total. The van der Waals surface area contributed by atoms with E-state index in [0.717, 1.165) is 35.1 Å². The Hall–Kier alpha value is -1.75. The first-order chi connectivity index (χ1) is 12.8. The summed E-state index contributed by atoms with van der Waals surface area (Å²) >= 11 is 0. The maximum absolute atomic E-state index is 13.5. The molecule has 2 aromatic rings. The number of phenolic OH excluding ortho intramolecular Hbond substituents is 1. The standard InChI is InChI=1S/C20H21F2O4P/c1-11-6-14(26-10-27(24)25)7-13-2-4-15(19(11)13)12-3-5-18(23)16(8-12)17-9-20(17,21)22/h3,5-8,15,17,23-25H,2,4,9-10H2,1H3. The van der Waals surface area contributed by atoms with Gasteiger partial charge < -0.3 is 19.6 Å². The molecule has 2 atom stereocenters. The fourth-order valence-electron chi connectivity index (χ4n) is 4.15. The summed E-state index contributed by atoms with van der Waals surface area (Å²) in [6.45, 7) is 1.97. The maximum atomic E-state index is 13.5. The number of phenols is 1. The van der Waals surface area contributed by atoms with E-state index in [1.807, 2.05) is 25.1 Å². The van der Waals surface area contributed by atoms with Crippen molar-refractivity contribution in [1.29, 1.82) is 0 Å². The third-order valence-electron chi connectivity index (χ3n) is 5.50. The van der Waals surface area contributed by atoms with Crippen molar-refractivity contribution < 1.29 is 28.4 Å². The first-order valence-electron chi connectivity index (χ1n) is 8.88. The molecule has 2 aliphatic rings. The van der Waals surface area contributed by atoms with Crippen LogP contribution in [0, 0.1) is 6.92 Å². The van der Waals surface area contributed by atoms with E-state index in [4.69, 9.17) is 14.5 Å². The van der Waals surface area contributed by atoms with Gasteiger partial charge in [0, 0.05) is 17.9 Å². The van der Waals surface area contributed by atoms with Crippen molar-refractivity contribution in [2.45, 2.75) is 43.9 Å². The summed E-state index contributed by atoms with van der Waals surface area (Å²) < 4.78 is 32.4. The second-order valence-corrected chi connectivity index (χ2v) is 8.39. The van der Waals surface area contributed by atoms with E-state index in [1.165, 1.54) is 6.07 Å². The van der Waals surface area contributed by atoms with E-state index in [-0.39, 0.29) is 24.4 Å². The molecule has 4 rings (SSSR count). The predicted molar refractivity (Wildman–Crippen MR) is 98.6 cm³/mol. The Morgan fingerprint density at radius 1 is 1.22 bits per heavy atom. The van der Waals surface area contributed by atoms with Crippen molar-refractivity contribution in [2.75, 3.05) is 6.35 Å². The number of alkyl halides is 2. The number of fused-ring (bicyclic) bond motifs is 1. The molecule has 0 saturated heterocycles. The highest BCUT2D eigenvalue weighted by Crippen LogP contribution is 2.58. The van der Waals surface area contributed by atoms with Gasteiger partial charge in [-0.3, -0.25) is 0 Å². The van der Waals surface area contributed by atoms with Crippen LogP contribution in [0.25, 0.3) is 0 Å². The Kier molecular flexibility index (Phi) is 4.61. The molecule has 0 radical (unpaired) electrons. The van der Waals surface area contributed by atoms with Crippen LogP contribution in [-0.4, -0.2) is 27.2 Å². The Morgan fingerprint density at radius 3 is 2.63 bits per heavy atom. The van der Waals surface area contributed by atoms with Gasteiger partial charge in [0.15, 0.2) is 6.35 Å². The molecule has 2 aliphatic carbocycles. The fraction of sp³-hybridized carbons (Fsp3) is 0.400. The van der Waals surface area contributed by atoms with Gasteiger partial charge in [-0.2, -0.15) is 0 Å². The van der Waals surface area contributed by atoms with Gasteiger partial charge in [0.25, 0.3) is 5.92 Å². The minimum absolute atomic E-state index is 0.0656. The van der Waals surface area contributed by atoms with Gasteiger partial charge in [-0.15, -0.1) is 0 Å². The molecular weight excluding hydrogens is 373 g/mol. The summed E-state index contributed by atoms with van der Waals surface area (Å²) in [4.78, 5) is 18.0. The summed E-state index contributed by atoms with van der Waals surface area (Å²) in [5, 5.41) is 10.0. The number of rotatable bonds is 5. The summed E-state index contributed by atoms with van der Waals surface area (Å²) in [7, 11) is -2.11. The fourth-order valence-corrected chi connectivity index (χ4v) is 4.42. The van der Waals surface area contributed by atoms with Gasteiger partial charge >= 0.3 is 0 Å². The number of aryl methyl sites for hydroxylation is 2. The summed E-state index contributed by atoms with van der Waals surface area (Å²) in [5.74, 6) is -2.98. The third-order valence-corrected chi connectivity index (χ3v) is 5.86. The van der Waals surface area contributed by atoms with Gasteiger partial charge in [0.2, 0.25) is 8.38 Å². The minimum Gasteiger partial charge on any atom is -0.508 e. The molecule has 0 aromatic heterocycles. The zero-order chi connectivity index (χ0) is 19.3. The number of aromatic hydroxyl groups is 1. The molecule has 0 heterocycles. The molecule has 0 bridgehead atoms. The number of halogens is 2. The lowest BCUT2D eigenvalue weighted by molar-refractivity contribution is 0.111. The Bertz CT molecular complexity index is 885. The normalized spacial score (nSPS) is 22.7. The van der Waals surface area contributed by atoms with Crippen LogP contribution in [0.4, 0.5) is 8.78 Å². The molecule has 0 amide bonds. The molecule has 2 unspecified atom stereocenters. The van der Waals surface area contributed by atoms with Gasteiger partial charge in [-0.1, -0.05) is 12.1 Å². The molecule has 1 fully saturated rings. The first-order valence-corrected chi connectivity index (χ1v) is 10.3.